The Morgan fingerprint density at radius 1 is 1.00 bits per heavy atom. The number of aliphatic hydroxyl groups excluding tert-OH is 1. The van der Waals surface area contributed by atoms with E-state index in [9.17, 15) is 13.0 Å². The van der Waals surface area contributed by atoms with E-state index in [4.69, 9.17) is 5.11 Å². The van der Waals surface area contributed by atoms with Gasteiger partial charge in [-0.3, -0.25) is 0 Å². The first kappa shape index (κ1) is 21.2. The van der Waals surface area contributed by atoms with Crippen LogP contribution < -0.4 is 29.6 Å². The second-order valence-corrected chi connectivity index (χ2v) is 6.19. The first-order valence-electron chi connectivity index (χ1n) is 6.58. The van der Waals surface area contributed by atoms with Crippen LogP contribution in [0.25, 0.3) is 0 Å². The molecule has 0 aromatic heterocycles. The maximum absolute atomic E-state index is 11.0. The summed E-state index contributed by atoms with van der Waals surface area (Å²) in [4.78, 5) is 0. The van der Waals surface area contributed by atoms with E-state index < -0.39 is 15.4 Å². The Morgan fingerprint density at radius 2 is 1.50 bits per heavy atom. The molecule has 0 heterocycles. The SMILES string of the molecule is CCCCC(CCCCCCCO)S(=O)(=O)[O-].[Na+]. The van der Waals surface area contributed by atoms with Crippen molar-refractivity contribution >= 4 is 10.1 Å². The van der Waals surface area contributed by atoms with Crippen molar-refractivity contribution in [3.63, 3.8) is 0 Å². The minimum Gasteiger partial charge on any atom is -0.748 e. The fourth-order valence-corrected chi connectivity index (χ4v) is 2.79. The summed E-state index contributed by atoms with van der Waals surface area (Å²) in [7, 11) is -4.12. The van der Waals surface area contributed by atoms with Crippen LogP contribution in [0.4, 0.5) is 0 Å². The van der Waals surface area contributed by atoms with Gasteiger partial charge in [-0.1, -0.05) is 45.4 Å². The van der Waals surface area contributed by atoms with Crippen LogP contribution in [0.2, 0.25) is 0 Å². The molecule has 1 atom stereocenters. The first-order valence-corrected chi connectivity index (χ1v) is 8.05. The average Bonchev–Trinajstić information content (AvgIpc) is 2.25. The van der Waals surface area contributed by atoms with E-state index in [1.54, 1.807) is 0 Å². The monoisotopic (exact) mass is 288 g/mol. The van der Waals surface area contributed by atoms with Crippen LogP contribution in [0, 0.1) is 0 Å². The van der Waals surface area contributed by atoms with Gasteiger partial charge < -0.3 is 9.66 Å². The number of unbranched alkanes of at least 4 members (excludes halogenated alkanes) is 5. The van der Waals surface area contributed by atoms with E-state index in [1.165, 1.54) is 0 Å². The summed E-state index contributed by atoms with van der Waals surface area (Å²) in [5.41, 5.74) is 0. The Balaban J connectivity index is 0. The van der Waals surface area contributed by atoms with Crippen molar-refractivity contribution in [1.29, 1.82) is 0 Å². The molecule has 0 aromatic rings. The molecular formula is C12H25NaO4S. The van der Waals surface area contributed by atoms with Gasteiger partial charge >= 0.3 is 29.6 Å². The van der Waals surface area contributed by atoms with Crippen LogP contribution >= 0.6 is 0 Å². The summed E-state index contributed by atoms with van der Waals surface area (Å²) in [5.74, 6) is 0. The largest absolute Gasteiger partial charge is 1.00 e. The van der Waals surface area contributed by atoms with E-state index in [0.717, 1.165) is 44.9 Å². The summed E-state index contributed by atoms with van der Waals surface area (Å²) in [6.07, 6.45) is 7.22. The minimum absolute atomic E-state index is 0. The Hall–Kier alpha value is 0.870. The first-order chi connectivity index (χ1) is 8.02. The number of aliphatic hydroxyl groups is 1. The second kappa shape index (κ2) is 12.9. The van der Waals surface area contributed by atoms with Crippen molar-refractivity contribution < 1.29 is 47.6 Å². The van der Waals surface area contributed by atoms with E-state index in [1.807, 2.05) is 6.92 Å². The normalized spacial score (nSPS) is 13.1. The van der Waals surface area contributed by atoms with Gasteiger partial charge in [0.25, 0.3) is 0 Å². The van der Waals surface area contributed by atoms with Crippen molar-refractivity contribution in [2.45, 2.75) is 70.0 Å². The van der Waals surface area contributed by atoms with Gasteiger partial charge in [-0.25, -0.2) is 8.42 Å². The summed E-state index contributed by atoms with van der Waals surface area (Å²) in [6, 6.07) is 0. The van der Waals surface area contributed by atoms with Crippen LogP contribution in [-0.4, -0.2) is 29.9 Å². The smallest absolute Gasteiger partial charge is 0.748 e. The molecule has 0 aliphatic heterocycles. The molecule has 6 heteroatoms. The molecule has 0 rings (SSSR count). The second-order valence-electron chi connectivity index (χ2n) is 4.54. The van der Waals surface area contributed by atoms with E-state index in [0.29, 0.717) is 12.8 Å². The molecule has 0 spiro atoms. The zero-order valence-corrected chi connectivity index (χ0v) is 14.5. The Bertz CT molecular complexity index is 267. The maximum atomic E-state index is 11.0. The van der Waals surface area contributed by atoms with Gasteiger partial charge in [-0.15, -0.1) is 0 Å². The van der Waals surface area contributed by atoms with Crippen LogP contribution in [0.5, 0.6) is 0 Å². The van der Waals surface area contributed by atoms with Gasteiger partial charge in [-0.05, 0) is 19.3 Å². The van der Waals surface area contributed by atoms with E-state index >= 15 is 0 Å². The molecule has 0 aromatic carbocycles. The predicted molar refractivity (Wildman–Crippen MR) is 67.8 cm³/mol. The van der Waals surface area contributed by atoms with Crippen LogP contribution in [0.15, 0.2) is 0 Å². The van der Waals surface area contributed by atoms with E-state index in [2.05, 4.69) is 0 Å². The van der Waals surface area contributed by atoms with Crippen molar-refractivity contribution in [3.05, 3.63) is 0 Å². The van der Waals surface area contributed by atoms with Gasteiger partial charge in [0.05, 0.1) is 10.1 Å². The molecule has 0 fully saturated rings. The topological polar surface area (TPSA) is 77.4 Å². The van der Waals surface area contributed by atoms with Gasteiger partial charge in [0.15, 0.2) is 0 Å². The van der Waals surface area contributed by atoms with Crippen molar-refractivity contribution in [3.8, 4) is 0 Å². The fourth-order valence-electron chi connectivity index (χ4n) is 1.88. The summed E-state index contributed by atoms with van der Waals surface area (Å²) in [5, 5.41) is 7.90. The van der Waals surface area contributed by atoms with E-state index in [-0.39, 0.29) is 36.2 Å². The Labute approximate surface area is 134 Å². The molecule has 1 unspecified atom stereocenters. The minimum atomic E-state index is -4.12. The zero-order chi connectivity index (χ0) is 13.1. The fraction of sp³-hybridized carbons (Fsp3) is 1.00. The Morgan fingerprint density at radius 3 is 2.00 bits per heavy atom. The van der Waals surface area contributed by atoms with Crippen molar-refractivity contribution in [2.75, 3.05) is 6.61 Å². The van der Waals surface area contributed by atoms with Crippen LogP contribution in [0.1, 0.15) is 64.7 Å². The molecule has 0 saturated carbocycles. The maximum Gasteiger partial charge on any atom is 1.00 e. The van der Waals surface area contributed by atoms with Crippen molar-refractivity contribution in [2.24, 2.45) is 0 Å². The van der Waals surface area contributed by atoms with Gasteiger partial charge in [0.1, 0.15) is 0 Å². The average molecular weight is 288 g/mol. The zero-order valence-electron chi connectivity index (χ0n) is 11.7. The van der Waals surface area contributed by atoms with Gasteiger partial charge in [0, 0.05) is 11.9 Å². The molecule has 0 radical (unpaired) electrons. The number of rotatable bonds is 11. The molecular weight excluding hydrogens is 263 g/mol. The molecule has 18 heavy (non-hydrogen) atoms. The third-order valence-electron chi connectivity index (χ3n) is 2.97. The molecule has 0 bridgehead atoms. The van der Waals surface area contributed by atoms with Crippen molar-refractivity contribution in [1.82, 2.24) is 0 Å². The summed E-state index contributed by atoms with van der Waals surface area (Å²) < 4.78 is 33.0. The van der Waals surface area contributed by atoms with Crippen LogP contribution in [-0.2, 0) is 10.1 Å². The quantitative estimate of drug-likeness (QED) is 0.314. The summed E-state index contributed by atoms with van der Waals surface area (Å²) >= 11 is 0. The Kier molecular flexibility index (Phi) is 15.2. The third kappa shape index (κ3) is 11.9. The third-order valence-corrected chi connectivity index (χ3v) is 4.26. The number of hydrogen-bond acceptors (Lipinski definition) is 4. The molecule has 0 saturated heterocycles. The standard InChI is InChI=1S/C12H26O4S.Na/c1-2-3-9-12(17(14,15)16)10-7-5-4-6-8-11-13;/h12-13H,2-11H2,1H3,(H,14,15,16);/q;+1/p-1. The molecule has 0 aliphatic carbocycles. The van der Waals surface area contributed by atoms with Crippen LogP contribution in [0.3, 0.4) is 0 Å². The molecule has 104 valence electrons. The molecule has 0 aliphatic rings. The van der Waals surface area contributed by atoms with Gasteiger partial charge in [-0.2, -0.15) is 0 Å². The molecule has 1 N–H and O–H groups in total. The van der Waals surface area contributed by atoms with Gasteiger partial charge in [0.2, 0.25) is 0 Å². The molecule has 0 amide bonds. The number of hydrogen-bond donors (Lipinski definition) is 1. The predicted octanol–water partition coefficient (Wildman–Crippen LogP) is -0.573. The molecule has 4 nitrogen and oxygen atoms in total. The summed E-state index contributed by atoms with van der Waals surface area (Å²) in [6.45, 7) is 2.21.